The number of rotatable bonds is 8. The van der Waals surface area contributed by atoms with E-state index in [-0.39, 0.29) is 5.92 Å². The Morgan fingerprint density at radius 2 is 2.05 bits per heavy atom. The second-order valence-corrected chi connectivity index (χ2v) is 5.53. The van der Waals surface area contributed by atoms with Crippen LogP contribution < -0.4 is 4.74 Å². The molecule has 0 saturated heterocycles. The van der Waals surface area contributed by atoms with Crippen LogP contribution >= 0.6 is 11.8 Å². The number of ether oxygens (including phenoxy) is 1. The first-order chi connectivity index (χ1) is 9.22. The summed E-state index contributed by atoms with van der Waals surface area (Å²) in [4.78, 5) is 0. The van der Waals surface area contributed by atoms with Crippen LogP contribution in [0.2, 0.25) is 0 Å². The fourth-order valence-corrected chi connectivity index (χ4v) is 2.86. The molecule has 3 nitrogen and oxygen atoms in total. The van der Waals surface area contributed by atoms with E-state index in [1.54, 1.807) is 31.0 Å². The van der Waals surface area contributed by atoms with E-state index >= 15 is 0 Å². The van der Waals surface area contributed by atoms with E-state index in [0.717, 1.165) is 29.9 Å². The number of nitrogens with zero attached hydrogens (tertiary/aromatic N) is 1. The predicted molar refractivity (Wildman–Crippen MR) is 79.3 cm³/mol. The zero-order valence-electron chi connectivity index (χ0n) is 11.5. The van der Waals surface area contributed by atoms with Crippen LogP contribution in [-0.4, -0.2) is 23.7 Å². The average molecular weight is 279 g/mol. The predicted octanol–water partition coefficient (Wildman–Crippen LogP) is 3.40. The molecular weight excluding hydrogens is 258 g/mol. The van der Waals surface area contributed by atoms with Gasteiger partial charge < -0.3 is 9.84 Å². The highest BCUT2D eigenvalue weighted by Gasteiger charge is 2.20. The van der Waals surface area contributed by atoms with Gasteiger partial charge >= 0.3 is 0 Å². The Labute approximate surface area is 119 Å². The molecule has 4 heteroatoms. The second-order valence-electron chi connectivity index (χ2n) is 4.38. The second kappa shape index (κ2) is 8.84. The van der Waals surface area contributed by atoms with Crippen molar-refractivity contribution in [2.24, 2.45) is 5.92 Å². The zero-order valence-corrected chi connectivity index (χ0v) is 12.3. The van der Waals surface area contributed by atoms with E-state index in [2.05, 4.69) is 13.0 Å². The first-order valence-electron chi connectivity index (χ1n) is 6.52. The monoisotopic (exact) mass is 279 g/mol. The maximum atomic E-state index is 10.2. The van der Waals surface area contributed by atoms with Gasteiger partial charge in [0.25, 0.3) is 0 Å². The fraction of sp³-hybridized carbons (Fsp3) is 0.533. The van der Waals surface area contributed by atoms with E-state index in [0.29, 0.717) is 5.75 Å². The van der Waals surface area contributed by atoms with Crippen molar-refractivity contribution in [1.29, 1.82) is 5.26 Å². The molecule has 0 fully saturated rings. The molecule has 0 bridgehead atoms. The standard InChI is InChI=1S/C15H21NO2S/c1-3-4-9-19-11-13(10-16)15(17)12-5-7-14(18-2)8-6-12/h5-8,13,15,17H,3-4,9,11H2,1-2H3. The summed E-state index contributed by atoms with van der Waals surface area (Å²) in [6.45, 7) is 2.15. The van der Waals surface area contributed by atoms with Gasteiger partial charge in [-0.1, -0.05) is 25.5 Å². The summed E-state index contributed by atoms with van der Waals surface area (Å²) in [5.74, 6) is 2.10. The zero-order chi connectivity index (χ0) is 14.1. The number of benzene rings is 1. The Morgan fingerprint density at radius 1 is 1.37 bits per heavy atom. The summed E-state index contributed by atoms with van der Waals surface area (Å²) in [5.41, 5.74) is 0.767. The largest absolute Gasteiger partial charge is 0.497 e. The van der Waals surface area contributed by atoms with Crippen molar-refractivity contribution in [2.75, 3.05) is 18.6 Å². The number of nitriles is 1. The Morgan fingerprint density at radius 3 is 2.58 bits per heavy atom. The lowest BCUT2D eigenvalue weighted by Gasteiger charge is -2.17. The smallest absolute Gasteiger partial charge is 0.118 e. The van der Waals surface area contributed by atoms with Crippen molar-refractivity contribution in [3.05, 3.63) is 29.8 Å². The number of thioether (sulfide) groups is 1. The minimum Gasteiger partial charge on any atom is -0.497 e. The SMILES string of the molecule is CCCCSCC(C#N)C(O)c1ccc(OC)cc1. The highest BCUT2D eigenvalue weighted by molar-refractivity contribution is 7.99. The molecule has 2 atom stereocenters. The van der Waals surface area contributed by atoms with Crippen molar-refractivity contribution >= 4 is 11.8 Å². The van der Waals surface area contributed by atoms with Crippen LogP contribution in [0.1, 0.15) is 31.4 Å². The number of hydrogen-bond acceptors (Lipinski definition) is 4. The molecule has 0 spiro atoms. The van der Waals surface area contributed by atoms with E-state index in [4.69, 9.17) is 10.00 Å². The number of methoxy groups -OCH3 is 1. The third-order valence-electron chi connectivity index (χ3n) is 2.94. The molecule has 0 heterocycles. The van der Waals surface area contributed by atoms with Gasteiger partial charge in [-0.2, -0.15) is 17.0 Å². The van der Waals surface area contributed by atoms with Gasteiger partial charge in [0.05, 0.1) is 25.2 Å². The van der Waals surface area contributed by atoms with E-state index < -0.39 is 6.10 Å². The van der Waals surface area contributed by atoms with Crippen molar-refractivity contribution < 1.29 is 9.84 Å². The maximum absolute atomic E-state index is 10.2. The Balaban J connectivity index is 2.56. The number of hydrogen-bond donors (Lipinski definition) is 1. The lowest BCUT2D eigenvalue weighted by atomic mass is 9.98. The van der Waals surface area contributed by atoms with Crippen molar-refractivity contribution in [1.82, 2.24) is 0 Å². The van der Waals surface area contributed by atoms with Crippen molar-refractivity contribution in [3.63, 3.8) is 0 Å². The topological polar surface area (TPSA) is 53.2 Å². The Hall–Kier alpha value is -1.18. The molecule has 0 saturated carbocycles. The molecule has 0 amide bonds. The van der Waals surface area contributed by atoms with Crippen LogP contribution in [0.25, 0.3) is 0 Å². The summed E-state index contributed by atoms with van der Waals surface area (Å²) in [5, 5.41) is 19.4. The lowest BCUT2D eigenvalue weighted by Crippen LogP contribution is -2.13. The van der Waals surface area contributed by atoms with Crippen LogP contribution in [0, 0.1) is 17.2 Å². The number of unbranched alkanes of at least 4 members (excludes halogenated alkanes) is 1. The molecule has 1 rings (SSSR count). The third-order valence-corrected chi connectivity index (χ3v) is 4.12. The van der Waals surface area contributed by atoms with E-state index in [1.807, 2.05) is 12.1 Å². The normalized spacial score (nSPS) is 13.6. The molecule has 0 aromatic heterocycles. The third kappa shape index (κ3) is 5.14. The van der Waals surface area contributed by atoms with Gasteiger partial charge in [0.2, 0.25) is 0 Å². The highest BCUT2D eigenvalue weighted by atomic mass is 32.2. The first kappa shape index (κ1) is 15.9. The first-order valence-corrected chi connectivity index (χ1v) is 7.67. The van der Waals surface area contributed by atoms with Gasteiger partial charge in [0.15, 0.2) is 0 Å². The summed E-state index contributed by atoms with van der Waals surface area (Å²) in [6, 6.07) is 9.43. The summed E-state index contributed by atoms with van der Waals surface area (Å²) in [7, 11) is 1.61. The van der Waals surface area contributed by atoms with Crippen molar-refractivity contribution in [2.45, 2.75) is 25.9 Å². The number of aliphatic hydroxyl groups excluding tert-OH is 1. The summed E-state index contributed by atoms with van der Waals surface area (Å²) in [6.07, 6.45) is 1.58. The van der Waals surface area contributed by atoms with Gasteiger partial charge in [0, 0.05) is 5.75 Å². The molecule has 2 unspecified atom stereocenters. The minimum absolute atomic E-state index is 0.366. The Bertz CT molecular complexity index is 400. The average Bonchev–Trinajstić information content (AvgIpc) is 2.47. The Kier molecular flexibility index (Phi) is 7.39. The van der Waals surface area contributed by atoms with Crippen molar-refractivity contribution in [3.8, 4) is 11.8 Å². The van der Waals surface area contributed by atoms with Crippen LogP contribution in [0.4, 0.5) is 0 Å². The maximum Gasteiger partial charge on any atom is 0.118 e. The molecule has 0 aliphatic heterocycles. The molecule has 19 heavy (non-hydrogen) atoms. The fourth-order valence-electron chi connectivity index (χ4n) is 1.69. The lowest BCUT2D eigenvalue weighted by molar-refractivity contribution is 0.144. The molecule has 0 radical (unpaired) electrons. The molecular formula is C15H21NO2S. The van der Waals surface area contributed by atoms with Crippen LogP contribution in [-0.2, 0) is 0 Å². The van der Waals surface area contributed by atoms with Gasteiger partial charge in [-0.25, -0.2) is 0 Å². The molecule has 1 aromatic carbocycles. The van der Waals surface area contributed by atoms with E-state index in [9.17, 15) is 5.11 Å². The van der Waals surface area contributed by atoms with Gasteiger partial charge in [-0.05, 0) is 29.9 Å². The molecule has 0 aliphatic rings. The van der Waals surface area contributed by atoms with Gasteiger partial charge in [-0.3, -0.25) is 0 Å². The van der Waals surface area contributed by atoms with Crippen LogP contribution in [0.5, 0.6) is 5.75 Å². The molecule has 1 N–H and O–H groups in total. The minimum atomic E-state index is -0.731. The van der Waals surface area contributed by atoms with Crippen LogP contribution in [0.15, 0.2) is 24.3 Å². The highest BCUT2D eigenvalue weighted by Crippen LogP contribution is 2.26. The van der Waals surface area contributed by atoms with Crippen LogP contribution in [0.3, 0.4) is 0 Å². The van der Waals surface area contributed by atoms with E-state index in [1.165, 1.54) is 0 Å². The summed E-state index contributed by atoms with van der Waals surface area (Å²) < 4.78 is 5.08. The molecule has 1 aromatic rings. The summed E-state index contributed by atoms with van der Waals surface area (Å²) >= 11 is 1.73. The van der Waals surface area contributed by atoms with Gasteiger partial charge in [0.1, 0.15) is 5.75 Å². The molecule has 0 aliphatic carbocycles. The number of aliphatic hydroxyl groups is 1. The molecule has 104 valence electrons. The van der Waals surface area contributed by atoms with Gasteiger partial charge in [-0.15, -0.1) is 0 Å². The quantitative estimate of drug-likeness (QED) is 0.741.